The van der Waals surface area contributed by atoms with Crippen LogP contribution in [0.15, 0.2) is 9.93 Å². The van der Waals surface area contributed by atoms with E-state index in [0.717, 1.165) is 0 Å². The molecule has 7 heteroatoms. The maximum atomic E-state index is 11.2. The second kappa shape index (κ2) is 4.14. The van der Waals surface area contributed by atoms with Crippen molar-refractivity contribution in [1.29, 1.82) is 0 Å². The van der Waals surface area contributed by atoms with E-state index in [1.165, 1.54) is 35.3 Å². The molecule has 1 fully saturated rings. The number of fused-ring (bicyclic) bond motifs is 1. The summed E-state index contributed by atoms with van der Waals surface area (Å²) in [5.74, 6) is -1.03. The molecule has 1 saturated heterocycles. The molecule has 0 radical (unpaired) electrons. The number of carbonyl (C=O) groups excluding carboxylic acids is 2. The molecular formula is C9H9NO4S2. The topological polar surface area (TPSA) is 74.7 Å². The minimum absolute atomic E-state index is 0.0107. The minimum atomic E-state index is -1.10. The highest BCUT2D eigenvalue weighted by molar-refractivity contribution is 8.23. The highest BCUT2D eigenvalue weighted by atomic mass is 32.2. The summed E-state index contributed by atoms with van der Waals surface area (Å²) in [5, 5.41) is 8.95. The fourth-order valence-electron chi connectivity index (χ4n) is 1.49. The molecule has 0 spiro atoms. The van der Waals surface area contributed by atoms with Crippen LogP contribution >= 0.6 is 23.5 Å². The first-order valence-corrected chi connectivity index (χ1v) is 6.45. The van der Waals surface area contributed by atoms with E-state index in [4.69, 9.17) is 5.11 Å². The molecule has 0 aromatic heterocycles. The zero-order valence-corrected chi connectivity index (χ0v) is 10.1. The number of β-lactam (4-membered cyclic amide) rings is 1. The standard InChI is InChI=1S/C9H9NO4S2/c1-4(11)3-15-9-7(8(13)14)10-5(12)2-6(10)16-9/h6H,2-3H2,1H3,(H,13,14). The zero-order chi connectivity index (χ0) is 11.9. The Morgan fingerprint density at radius 3 is 2.81 bits per heavy atom. The number of amides is 1. The summed E-state index contributed by atoms with van der Waals surface area (Å²) in [6.45, 7) is 1.45. The Labute approximate surface area is 100 Å². The number of carboxylic acids is 1. The normalized spacial score (nSPS) is 23.2. The van der Waals surface area contributed by atoms with Crippen molar-refractivity contribution >= 4 is 41.2 Å². The van der Waals surface area contributed by atoms with Crippen molar-refractivity contribution in [1.82, 2.24) is 4.90 Å². The van der Waals surface area contributed by atoms with Gasteiger partial charge in [0.25, 0.3) is 0 Å². The molecule has 16 heavy (non-hydrogen) atoms. The summed E-state index contributed by atoms with van der Waals surface area (Å²) in [5.41, 5.74) is 0.0394. The van der Waals surface area contributed by atoms with E-state index in [1.54, 1.807) is 0 Å². The molecule has 2 heterocycles. The Hall–Kier alpha value is -0.950. The molecule has 0 aromatic rings. The number of hydrogen-bond acceptors (Lipinski definition) is 5. The first-order chi connectivity index (χ1) is 7.50. The summed E-state index contributed by atoms with van der Waals surface area (Å²) in [7, 11) is 0. The minimum Gasteiger partial charge on any atom is -0.477 e. The second-order valence-electron chi connectivity index (χ2n) is 3.47. The molecule has 1 amide bonds. The number of ketones is 1. The van der Waals surface area contributed by atoms with E-state index in [2.05, 4.69) is 0 Å². The van der Waals surface area contributed by atoms with Gasteiger partial charge >= 0.3 is 5.97 Å². The van der Waals surface area contributed by atoms with Gasteiger partial charge in [-0.3, -0.25) is 14.5 Å². The molecule has 2 aliphatic rings. The van der Waals surface area contributed by atoms with Crippen molar-refractivity contribution in [3.05, 3.63) is 9.93 Å². The van der Waals surface area contributed by atoms with Gasteiger partial charge in [-0.15, -0.1) is 11.8 Å². The predicted molar refractivity (Wildman–Crippen MR) is 60.6 cm³/mol. The maximum Gasteiger partial charge on any atom is 0.354 e. The van der Waals surface area contributed by atoms with Crippen LogP contribution in [0.5, 0.6) is 0 Å². The summed E-state index contributed by atoms with van der Waals surface area (Å²) >= 11 is 2.55. The Morgan fingerprint density at radius 1 is 1.62 bits per heavy atom. The molecule has 2 rings (SSSR count). The lowest BCUT2D eigenvalue weighted by Crippen LogP contribution is -2.48. The average molecular weight is 259 g/mol. The van der Waals surface area contributed by atoms with Gasteiger partial charge < -0.3 is 5.11 Å². The van der Waals surface area contributed by atoms with Gasteiger partial charge in [0.15, 0.2) is 5.70 Å². The lowest BCUT2D eigenvalue weighted by Gasteiger charge is -2.33. The van der Waals surface area contributed by atoms with E-state index < -0.39 is 5.97 Å². The average Bonchev–Trinajstić information content (AvgIpc) is 2.47. The fourth-order valence-corrected chi connectivity index (χ4v) is 4.03. The van der Waals surface area contributed by atoms with Gasteiger partial charge in [-0.05, 0) is 6.92 Å². The molecule has 1 N–H and O–H groups in total. The Balaban J connectivity index is 2.18. The van der Waals surface area contributed by atoms with Crippen LogP contribution < -0.4 is 0 Å². The third-order valence-corrected chi connectivity index (χ3v) is 4.90. The van der Waals surface area contributed by atoms with Crippen LogP contribution in [-0.2, 0) is 14.4 Å². The number of thioether (sulfide) groups is 2. The van der Waals surface area contributed by atoms with Crippen molar-refractivity contribution in [3.63, 3.8) is 0 Å². The van der Waals surface area contributed by atoms with Crippen molar-refractivity contribution in [2.24, 2.45) is 0 Å². The highest BCUT2D eigenvalue weighted by Gasteiger charge is 2.48. The van der Waals surface area contributed by atoms with Gasteiger partial charge in [-0.1, -0.05) is 11.8 Å². The van der Waals surface area contributed by atoms with Crippen LogP contribution in [0.1, 0.15) is 13.3 Å². The Bertz CT molecular complexity index is 418. The van der Waals surface area contributed by atoms with Crippen molar-refractivity contribution in [2.75, 3.05) is 5.75 Å². The van der Waals surface area contributed by atoms with Crippen LogP contribution in [0.3, 0.4) is 0 Å². The summed E-state index contributed by atoms with van der Waals surface area (Å²) < 4.78 is 0.568. The zero-order valence-electron chi connectivity index (χ0n) is 8.43. The van der Waals surface area contributed by atoms with E-state index in [9.17, 15) is 14.4 Å². The smallest absolute Gasteiger partial charge is 0.354 e. The lowest BCUT2D eigenvalue weighted by molar-refractivity contribution is -0.145. The molecule has 0 saturated carbocycles. The highest BCUT2D eigenvalue weighted by Crippen LogP contribution is 2.50. The Morgan fingerprint density at radius 2 is 2.31 bits per heavy atom. The van der Waals surface area contributed by atoms with Gasteiger partial charge in [0.2, 0.25) is 5.91 Å². The molecular weight excluding hydrogens is 250 g/mol. The van der Waals surface area contributed by atoms with E-state index >= 15 is 0 Å². The monoisotopic (exact) mass is 259 g/mol. The molecule has 86 valence electrons. The van der Waals surface area contributed by atoms with Gasteiger partial charge in [0.05, 0.1) is 21.8 Å². The van der Waals surface area contributed by atoms with Crippen LogP contribution in [0.2, 0.25) is 0 Å². The number of hydrogen-bond donors (Lipinski definition) is 1. The molecule has 0 aliphatic carbocycles. The maximum absolute atomic E-state index is 11.2. The SMILES string of the molecule is CC(=O)CSC1=C(C(=O)O)N2C(=O)CC2S1. The summed E-state index contributed by atoms with van der Waals surface area (Å²) in [4.78, 5) is 34.4. The number of carboxylic acid groups (broad SMARTS) is 1. The number of nitrogens with zero attached hydrogens (tertiary/aromatic N) is 1. The van der Waals surface area contributed by atoms with Gasteiger partial charge in [0, 0.05) is 0 Å². The van der Waals surface area contributed by atoms with Crippen molar-refractivity contribution < 1.29 is 19.5 Å². The van der Waals surface area contributed by atoms with Crippen LogP contribution in [0.25, 0.3) is 0 Å². The number of aliphatic carboxylic acids is 1. The number of rotatable bonds is 4. The fraction of sp³-hybridized carbons (Fsp3) is 0.444. The number of Topliss-reactive ketones (excluding diaryl/α,β-unsaturated/α-hetero) is 1. The van der Waals surface area contributed by atoms with E-state index in [1.807, 2.05) is 0 Å². The van der Waals surface area contributed by atoms with E-state index in [0.29, 0.717) is 10.7 Å². The molecule has 0 aromatic carbocycles. The van der Waals surface area contributed by atoms with Crippen molar-refractivity contribution in [2.45, 2.75) is 18.7 Å². The van der Waals surface area contributed by atoms with Gasteiger partial charge in [-0.2, -0.15) is 0 Å². The number of carbonyl (C=O) groups is 3. The molecule has 2 aliphatic heterocycles. The first kappa shape index (κ1) is 11.5. The molecule has 1 atom stereocenters. The predicted octanol–water partition coefficient (Wildman–Crippen LogP) is 0.867. The van der Waals surface area contributed by atoms with Gasteiger partial charge in [0.1, 0.15) is 5.78 Å². The lowest BCUT2D eigenvalue weighted by atomic mass is 10.2. The summed E-state index contributed by atoms with van der Waals surface area (Å²) in [6.07, 6.45) is 0.381. The Kier molecular flexibility index (Phi) is 2.98. The quantitative estimate of drug-likeness (QED) is 0.755. The van der Waals surface area contributed by atoms with Crippen LogP contribution in [0.4, 0.5) is 0 Å². The third kappa shape index (κ3) is 1.84. The second-order valence-corrected chi connectivity index (χ2v) is 5.90. The molecule has 1 unspecified atom stereocenters. The third-order valence-electron chi connectivity index (χ3n) is 2.19. The largest absolute Gasteiger partial charge is 0.477 e. The van der Waals surface area contributed by atoms with Crippen molar-refractivity contribution in [3.8, 4) is 0 Å². The first-order valence-electron chi connectivity index (χ1n) is 4.59. The molecule has 0 bridgehead atoms. The van der Waals surface area contributed by atoms with Gasteiger partial charge in [-0.25, -0.2) is 4.79 Å². The van der Waals surface area contributed by atoms with E-state index in [-0.39, 0.29) is 28.5 Å². The molecule has 5 nitrogen and oxygen atoms in total. The van der Waals surface area contributed by atoms with Crippen LogP contribution in [0, 0.1) is 0 Å². The van der Waals surface area contributed by atoms with Crippen LogP contribution in [-0.4, -0.2) is 38.8 Å². The summed E-state index contributed by atoms with van der Waals surface area (Å²) in [6, 6.07) is 0.